The van der Waals surface area contributed by atoms with Gasteiger partial charge in [-0.05, 0) is 42.8 Å². The number of benzene rings is 1. The summed E-state index contributed by atoms with van der Waals surface area (Å²) in [6.07, 6.45) is 1.07. The first kappa shape index (κ1) is 18.8. The van der Waals surface area contributed by atoms with Crippen molar-refractivity contribution in [1.82, 2.24) is 10.3 Å². The molecule has 0 saturated carbocycles. The molecule has 27 heavy (non-hydrogen) atoms. The molecule has 3 aromatic rings. The van der Waals surface area contributed by atoms with Crippen molar-refractivity contribution in [2.75, 3.05) is 24.7 Å². The molecular weight excluding hydrogens is 373 g/mol. The predicted octanol–water partition coefficient (Wildman–Crippen LogP) is 2.70. The van der Waals surface area contributed by atoms with Crippen molar-refractivity contribution in [3.8, 4) is 11.3 Å². The Morgan fingerprint density at radius 2 is 1.89 bits per heavy atom. The number of aryl methyl sites for hydroxylation is 1. The summed E-state index contributed by atoms with van der Waals surface area (Å²) in [5, 5.41) is 3.00. The van der Waals surface area contributed by atoms with Crippen LogP contribution in [-0.4, -0.2) is 39.7 Å². The van der Waals surface area contributed by atoms with Crippen molar-refractivity contribution in [2.45, 2.75) is 6.92 Å². The number of carbonyl (C=O) groups is 1. The Bertz CT molecular complexity index is 1140. The van der Waals surface area contributed by atoms with Crippen molar-refractivity contribution < 1.29 is 22.0 Å². The van der Waals surface area contributed by atoms with E-state index < -0.39 is 21.7 Å². The average molecular weight is 391 g/mol. The first-order chi connectivity index (χ1) is 12.6. The fourth-order valence-corrected chi connectivity index (χ4v) is 3.24. The van der Waals surface area contributed by atoms with Gasteiger partial charge in [-0.15, -0.1) is 0 Å². The average Bonchev–Trinajstić information content (AvgIpc) is 2.97. The number of nitrogens with one attached hydrogen (secondary N) is 1. The molecule has 2 heterocycles. The first-order valence-electron chi connectivity index (χ1n) is 7.99. The van der Waals surface area contributed by atoms with E-state index in [2.05, 4.69) is 10.3 Å². The van der Waals surface area contributed by atoms with Gasteiger partial charge in [0.05, 0.1) is 17.2 Å². The molecule has 7 nitrogen and oxygen atoms in total. The van der Waals surface area contributed by atoms with Gasteiger partial charge >= 0.3 is 0 Å². The first-order valence-corrected chi connectivity index (χ1v) is 9.84. The Labute approximate surface area is 155 Å². The summed E-state index contributed by atoms with van der Waals surface area (Å²) in [6.45, 7) is 1.70. The molecular formula is C18H18FN3O4S. The Morgan fingerprint density at radius 1 is 1.26 bits per heavy atom. The third kappa shape index (κ3) is 3.37. The molecule has 0 saturated heterocycles. The molecule has 3 rings (SSSR count). The van der Waals surface area contributed by atoms with Crippen LogP contribution in [0, 0.1) is 12.7 Å². The zero-order valence-corrected chi connectivity index (χ0v) is 16.0. The minimum absolute atomic E-state index is 0.115. The number of rotatable bonds is 4. The highest BCUT2D eigenvalue weighted by molar-refractivity contribution is 7.92. The van der Waals surface area contributed by atoms with Crippen LogP contribution in [-0.2, 0) is 10.0 Å². The van der Waals surface area contributed by atoms with Gasteiger partial charge in [0, 0.05) is 19.7 Å². The summed E-state index contributed by atoms with van der Waals surface area (Å²) in [7, 11) is -0.643. The molecule has 1 N–H and O–H groups in total. The van der Waals surface area contributed by atoms with Gasteiger partial charge in [-0.3, -0.25) is 9.10 Å². The highest BCUT2D eigenvalue weighted by atomic mass is 32.2. The molecule has 0 spiro atoms. The maximum absolute atomic E-state index is 13.3. The molecule has 0 unspecified atom stereocenters. The van der Waals surface area contributed by atoms with Crippen molar-refractivity contribution in [2.24, 2.45) is 0 Å². The number of fused-ring (bicyclic) bond motifs is 1. The maximum Gasteiger partial charge on any atom is 0.255 e. The van der Waals surface area contributed by atoms with Gasteiger partial charge < -0.3 is 9.73 Å². The standard InChI is InChI=1S/C18H18FN3O4S/c1-10-9-13-14(17(23)20-2)15(11-5-7-12(19)8-6-11)26-18(13)21-16(10)22(3)27(4,24)25/h5-9H,1-4H3,(H,20,23). The van der Waals surface area contributed by atoms with Gasteiger partial charge in [-0.2, -0.15) is 4.98 Å². The van der Waals surface area contributed by atoms with Gasteiger partial charge in [0.1, 0.15) is 17.4 Å². The molecule has 0 aliphatic rings. The highest BCUT2D eigenvalue weighted by Crippen LogP contribution is 2.35. The normalized spacial score (nSPS) is 11.6. The van der Waals surface area contributed by atoms with Crippen molar-refractivity contribution in [3.05, 3.63) is 47.3 Å². The van der Waals surface area contributed by atoms with Crippen LogP contribution in [0.1, 0.15) is 15.9 Å². The summed E-state index contributed by atoms with van der Waals surface area (Å²) in [5.41, 5.74) is 1.43. The van der Waals surface area contributed by atoms with E-state index in [1.54, 1.807) is 13.0 Å². The Balaban J connectivity index is 2.30. The van der Waals surface area contributed by atoms with Crippen molar-refractivity contribution in [3.63, 3.8) is 0 Å². The fourth-order valence-electron chi connectivity index (χ4n) is 2.75. The van der Waals surface area contributed by atoms with Crippen molar-refractivity contribution in [1.29, 1.82) is 0 Å². The lowest BCUT2D eigenvalue weighted by molar-refractivity contribution is 0.0964. The SMILES string of the molecule is CNC(=O)c1c(-c2ccc(F)cc2)oc2nc(N(C)S(C)(=O)=O)c(C)cc12. The molecule has 9 heteroatoms. The van der Waals surface area contributed by atoms with E-state index in [4.69, 9.17) is 4.42 Å². The molecule has 1 aromatic carbocycles. The van der Waals surface area contributed by atoms with Crippen LogP contribution in [0.5, 0.6) is 0 Å². The minimum Gasteiger partial charge on any atom is -0.437 e. The monoisotopic (exact) mass is 391 g/mol. The molecule has 1 amide bonds. The number of aromatic nitrogens is 1. The van der Waals surface area contributed by atoms with E-state index in [0.717, 1.165) is 10.6 Å². The number of nitrogens with zero attached hydrogens (tertiary/aromatic N) is 2. The second-order valence-corrected chi connectivity index (χ2v) is 8.12. The van der Waals surface area contributed by atoms with Gasteiger partial charge in [0.25, 0.3) is 5.91 Å². The topological polar surface area (TPSA) is 92.5 Å². The van der Waals surface area contributed by atoms with Crippen LogP contribution in [0.3, 0.4) is 0 Å². The number of hydrogen-bond donors (Lipinski definition) is 1. The number of sulfonamides is 1. The molecule has 0 aliphatic heterocycles. The summed E-state index contributed by atoms with van der Waals surface area (Å²) < 4.78 is 43.8. The van der Waals surface area contributed by atoms with E-state index in [1.165, 1.54) is 38.4 Å². The third-order valence-electron chi connectivity index (χ3n) is 4.20. The molecule has 0 aliphatic carbocycles. The van der Waals surface area contributed by atoms with Crippen molar-refractivity contribution >= 4 is 32.8 Å². The highest BCUT2D eigenvalue weighted by Gasteiger charge is 2.25. The maximum atomic E-state index is 13.3. The largest absolute Gasteiger partial charge is 0.437 e. The van der Waals surface area contributed by atoms with Crippen LogP contribution in [0.15, 0.2) is 34.7 Å². The van der Waals surface area contributed by atoms with E-state index in [-0.39, 0.29) is 22.9 Å². The van der Waals surface area contributed by atoms with E-state index >= 15 is 0 Å². The minimum atomic E-state index is -3.52. The molecule has 0 radical (unpaired) electrons. The lowest BCUT2D eigenvalue weighted by Gasteiger charge is -2.17. The van der Waals surface area contributed by atoms with Gasteiger partial charge in [0.15, 0.2) is 0 Å². The third-order valence-corrected chi connectivity index (χ3v) is 5.37. The van der Waals surface area contributed by atoms with Crippen LogP contribution < -0.4 is 9.62 Å². The second kappa shape index (κ2) is 6.66. The summed E-state index contributed by atoms with van der Waals surface area (Å²) in [4.78, 5) is 16.8. The smallest absolute Gasteiger partial charge is 0.255 e. The predicted molar refractivity (Wildman–Crippen MR) is 101 cm³/mol. The fraction of sp³-hybridized carbons (Fsp3) is 0.222. The number of hydrogen-bond acceptors (Lipinski definition) is 5. The summed E-state index contributed by atoms with van der Waals surface area (Å²) >= 11 is 0. The van der Waals surface area contributed by atoms with Crippen LogP contribution in [0.25, 0.3) is 22.4 Å². The Kier molecular flexibility index (Phi) is 4.64. The number of pyridine rings is 1. The zero-order valence-electron chi connectivity index (χ0n) is 15.2. The van der Waals surface area contributed by atoms with E-state index in [1.807, 2.05) is 0 Å². The van der Waals surface area contributed by atoms with Gasteiger partial charge in [-0.1, -0.05) is 0 Å². The van der Waals surface area contributed by atoms with Gasteiger partial charge in [0.2, 0.25) is 15.7 Å². The summed E-state index contributed by atoms with van der Waals surface area (Å²) in [6, 6.07) is 7.17. The second-order valence-electron chi connectivity index (χ2n) is 6.10. The number of halogens is 1. The molecule has 2 aromatic heterocycles. The molecule has 0 atom stereocenters. The van der Waals surface area contributed by atoms with E-state index in [9.17, 15) is 17.6 Å². The number of furan rings is 1. The number of carbonyl (C=O) groups excluding carboxylic acids is 1. The summed E-state index contributed by atoms with van der Waals surface area (Å²) in [5.74, 6) is -0.371. The van der Waals surface area contributed by atoms with Crippen LogP contribution in [0.4, 0.5) is 10.2 Å². The molecule has 0 fully saturated rings. The quantitative estimate of drug-likeness (QED) is 0.738. The Hall–Kier alpha value is -2.94. The van der Waals surface area contributed by atoms with E-state index in [0.29, 0.717) is 16.5 Å². The number of amides is 1. The zero-order chi connectivity index (χ0) is 19.9. The molecule has 142 valence electrons. The van der Waals surface area contributed by atoms with Crippen LogP contribution in [0.2, 0.25) is 0 Å². The molecule has 0 bridgehead atoms. The van der Waals surface area contributed by atoms with Crippen LogP contribution >= 0.6 is 0 Å². The number of anilines is 1. The van der Waals surface area contributed by atoms with Gasteiger partial charge in [-0.25, -0.2) is 12.8 Å². The lowest BCUT2D eigenvalue weighted by atomic mass is 10.0. The lowest BCUT2D eigenvalue weighted by Crippen LogP contribution is -2.26. The Morgan fingerprint density at radius 3 is 2.44 bits per heavy atom.